The first kappa shape index (κ1) is 29.4. The zero-order chi connectivity index (χ0) is 27.3. The van der Waals surface area contributed by atoms with Crippen LogP contribution in [0.1, 0.15) is 95.0 Å². The van der Waals surface area contributed by atoms with Crippen molar-refractivity contribution in [2.24, 2.45) is 5.92 Å². The van der Waals surface area contributed by atoms with Crippen LogP contribution >= 0.6 is 0 Å². The summed E-state index contributed by atoms with van der Waals surface area (Å²) in [6, 6.07) is 13.4. The Bertz CT molecular complexity index is 1050. The van der Waals surface area contributed by atoms with Crippen LogP contribution in [0.4, 0.5) is 0 Å². The van der Waals surface area contributed by atoms with E-state index in [1.807, 2.05) is 33.8 Å². The van der Waals surface area contributed by atoms with E-state index in [1.165, 1.54) is 16.7 Å². The highest BCUT2D eigenvalue weighted by Gasteiger charge is 2.32. The van der Waals surface area contributed by atoms with Gasteiger partial charge in [0.05, 0.1) is 25.4 Å². The standard InChI is InChI=1S/C33H48O4/c1-9-32(34,10-2)18-17-27-13-14-28(19-24(27)5)33(11-3,12-4)29-15-16-30(25(6)20-29)35-21-26-22-36-31(7,8)37-23-26/h13-20,26,34H,9-12,21-23H2,1-8H3. The highest BCUT2D eigenvalue weighted by atomic mass is 16.7. The zero-order valence-corrected chi connectivity index (χ0v) is 24.3. The molecule has 0 unspecified atom stereocenters. The molecule has 0 bridgehead atoms. The second-order valence-corrected chi connectivity index (χ2v) is 11.2. The lowest BCUT2D eigenvalue weighted by Gasteiger charge is -2.35. The van der Waals surface area contributed by atoms with E-state index >= 15 is 0 Å². The Labute approximate surface area is 225 Å². The minimum absolute atomic E-state index is 0.0689. The van der Waals surface area contributed by atoms with Crippen LogP contribution in [0.15, 0.2) is 42.5 Å². The molecular formula is C33H48O4. The molecule has 0 aromatic heterocycles. The smallest absolute Gasteiger partial charge is 0.162 e. The van der Waals surface area contributed by atoms with Crippen molar-refractivity contribution in [1.29, 1.82) is 0 Å². The van der Waals surface area contributed by atoms with Gasteiger partial charge in [-0.25, -0.2) is 0 Å². The van der Waals surface area contributed by atoms with E-state index in [0.717, 1.165) is 29.7 Å². The maximum absolute atomic E-state index is 10.7. The van der Waals surface area contributed by atoms with Gasteiger partial charge in [0.15, 0.2) is 5.79 Å². The molecule has 204 valence electrons. The summed E-state index contributed by atoms with van der Waals surface area (Å²) >= 11 is 0. The third-order valence-corrected chi connectivity index (χ3v) is 8.36. The summed E-state index contributed by atoms with van der Waals surface area (Å²) in [5, 5.41) is 10.7. The first-order chi connectivity index (χ1) is 17.5. The fourth-order valence-electron chi connectivity index (χ4n) is 5.26. The van der Waals surface area contributed by atoms with E-state index in [0.29, 0.717) is 32.7 Å². The molecule has 0 spiro atoms. The fraction of sp³-hybridized carbons (Fsp3) is 0.576. The number of rotatable bonds is 11. The van der Waals surface area contributed by atoms with Crippen LogP contribution in [0.5, 0.6) is 5.75 Å². The van der Waals surface area contributed by atoms with Crippen molar-refractivity contribution in [3.8, 4) is 5.75 Å². The van der Waals surface area contributed by atoms with Gasteiger partial charge in [-0.3, -0.25) is 0 Å². The van der Waals surface area contributed by atoms with Gasteiger partial charge < -0.3 is 19.3 Å². The third kappa shape index (κ3) is 6.85. The number of ether oxygens (including phenoxy) is 3. The van der Waals surface area contributed by atoms with E-state index in [1.54, 1.807) is 0 Å². The van der Waals surface area contributed by atoms with E-state index in [9.17, 15) is 5.11 Å². The lowest BCUT2D eigenvalue weighted by molar-refractivity contribution is -0.264. The molecule has 1 N–H and O–H groups in total. The van der Waals surface area contributed by atoms with Gasteiger partial charge in [0.1, 0.15) is 5.75 Å². The van der Waals surface area contributed by atoms with Gasteiger partial charge in [-0.2, -0.15) is 0 Å². The SMILES string of the molecule is CCC(O)(C=Cc1ccc(C(CC)(CC)c2ccc(OCC3COC(C)(C)OC3)c(C)c2)cc1C)CC. The molecule has 4 nitrogen and oxygen atoms in total. The molecule has 0 amide bonds. The fourth-order valence-corrected chi connectivity index (χ4v) is 5.26. The van der Waals surface area contributed by atoms with Crippen molar-refractivity contribution in [1.82, 2.24) is 0 Å². The Hall–Kier alpha value is -2.14. The topological polar surface area (TPSA) is 47.9 Å². The summed E-state index contributed by atoms with van der Waals surface area (Å²) in [5.41, 5.74) is 5.38. The number of hydrogen-bond donors (Lipinski definition) is 1. The third-order valence-electron chi connectivity index (χ3n) is 8.36. The van der Waals surface area contributed by atoms with Crippen LogP contribution in [0.3, 0.4) is 0 Å². The summed E-state index contributed by atoms with van der Waals surface area (Å²) in [6.07, 6.45) is 7.48. The minimum atomic E-state index is -0.739. The molecule has 0 saturated carbocycles. The lowest BCUT2D eigenvalue weighted by Crippen LogP contribution is -2.41. The lowest BCUT2D eigenvalue weighted by atomic mass is 9.70. The van der Waals surface area contributed by atoms with Gasteiger partial charge in [-0.1, -0.05) is 70.2 Å². The van der Waals surface area contributed by atoms with Gasteiger partial charge in [-0.05, 0) is 87.3 Å². The summed E-state index contributed by atoms with van der Waals surface area (Å²) in [5.74, 6) is 0.656. The van der Waals surface area contributed by atoms with Crippen LogP contribution in [0, 0.1) is 19.8 Å². The van der Waals surface area contributed by atoms with Crippen LogP contribution in [-0.4, -0.2) is 36.3 Å². The molecule has 0 atom stereocenters. The maximum Gasteiger partial charge on any atom is 0.162 e. The molecule has 37 heavy (non-hydrogen) atoms. The van der Waals surface area contributed by atoms with Crippen molar-refractivity contribution in [2.45, 2.75) is 97.9 Å². The molecule has 3 rings (SSSR count). The number of benzene rings is 2. The summed E-state index contributed by atoms with van der Waals surface area (Å²) in [6.45, 7) is 18.7. The van der Waals surface area contributed by atoms with Crippen molar-refractivity contribution in [3.63, 3.8) is 0 Å². The van der Waals surface area contributed by atoms with Gasteiger partial charge in [0.25, 0.3) is 0 Å². The summed E-state index contributed by atoms with van der Waals surface area (Å²) < 4.78 is 17.8. The Balaban J connectivity index is 1.81. The Morgan fingerprint density at radius 3 is 1.97 bits per heavy atom. The Kier molecular flexibility index (Phi) is 9.66. The average molecular weight is 509 g/mol. The van der Waals surface area contributed by atoms with Crippen LogP contribution in [0.2, 0.25) is 0 Å². The molecule has 0 aliphatic carbocycles. The van der Waals surface area contributed by atoms with Crippen LogP contribution in [0.25, 0.3) is 6.08 Å². The quantitative estimate of drug-likeness (QED) is 0.337. The Morgan fingerprint density at radius 1 is 0.892 bits per heavy atom. The second kappa shape index (κ2) is 12.1. The van der Waals surface area contributed by atoms with Gasteiger partial charge in [0.2, 0.25) is 0 Å². The second-order valence-electron chi connectivity index (χ2n) is 11.2. The van der Waals surface area contributed by atoms with Crippen molar-refractivity contribution in [2.75, 3.05) is 19.8 Å². The molecule has 1 fully saturated rings. The highest BCUT2D eigenvalue weighted by molar-refractivity contribution is 5.57. The first-order valence-corrected chi connectivity index (χ1v) is 14.1. The number of aryl methyl sites for hydroxylation is 2. The van der Waals surface area contributed by atoms with E-state index in [2.05, 4.69) is 70.2 Å². The molecule has 1 aliphatic rings. The first-order valence-electron chi connectivity index (χ1n) is 14.1. The van der Waals surface area contributed by atoms with E-state index < -0.39 is 11.4 Å². The predicted octanol–water partition coefficient (Wildman–Crippen LogP) is 7.75. The van der Waals surface area contributed by atoms with Crippen molar-refractivity contribution >= 4 is 6.08 Å². The highest BCUT2D eigenvalue weighted by Crippen LogP contribution is 2.41. The molecule has 1 heterocycles. The predicted molar refractivity (Wildman–Crippen MR) is 153 cm³/mol. The van der Waals surface area contributed by atoms with Gasteiger partial charge in [-0.15, -0.1) is 0 Å². The number of hydrogen-bond acceptors (Lipinski definition) is 4. The molecular weight excluding hydrogens is 460 g/mol. The average Bonchev–Trinajstić information content (AvgIpc) is 2.89. The molecule has 1 aliphatic heterocycles. The van der Waals surface area contributed by atoms with Gasteiger partial charge in [0, 0.05) is 11.3 Å². The zero-order valence-electron chi connectivity index (χ0n) is 24.3. The monoisotopic (exact) mass is 508 g/mol. The van der Waals surface area contributed by atoms with Crippen LogP contribution in [-0.2, 0) is 14.9 Å². The molecule has 0 radical (unpaired) electrons. The van der Waals surface area contributed by atoms with Gasteiger partial charge >= 0.3 is 0 Å². The van der Waals surface area contributed by atoms with Crippen LogP contribution < -0.4 is 4.74 Å². The number of aliphatic hydroxyl groups is 1. The molecule has 4 heteroatoms. The van der Waals surface area contributed by atoms with Crippen molar-refractivity contribution < 1.29 is 19.3 Å². The minimum Gasteiger partial charge on any atom is -0.493 e. The maximum atomic E-state index is 10.7. The summed E-state index contributed by atoms with van der Waals surface area (Å²) in [7, 11) is 0. The Morgan fingerprint density at radius 2 is 1.46 bits per heavy atom. The molecule has 2 aromatic carbocycles. The van der Waals surface area contributed by atoms with Crippen molar-refractivity contribution in [3.05, 3.63) is 70.3 Å². The van der Waals surface area contributed by atoms with E-state index in [-0.39, 0.29) is 11.3 Å². The van der Waals surface area contributed by atoms with E-state index in [4.69, 9.17) is 14.2 Å². The summed E-state index contributed by atoms with van der Waals surface area (Å²) in [4.78, 5) is 0. The largest absolute Gasteiger partial charge is 0.493 e. The molecule has 1 saturated heterocycles. The normalized spacial score (nSPS) is 16.9. The molecule has 2 aromatic rings.